The standard InChI is InChI=1S/C8H12N6O2/c9-6-5-7(12-3-11-6)14(8(10)13-5)1-4(16)2-15/h3-4,15-16H,1-2H2,(H2,10,13)(H2,9,11,12). The van der Waals surface area contributed by atoms with Crippen molar-refractivity contribution in [3.05, 3.63) is 6.33 Å². The first-order valence-corrected chi connectivity index (χ1v) is 4.64. The lowest BCUT2D eigenvalue weighted by Crippen LogP contribution is -2.21. The second-order valence-electron chi connectivity index (χ2n) is 3.35. The molecule has 0 saturated carbocycles. The lowest BCUT2D eigenvalue weighted by atomic mass is 10.4. The zero-order valence-corrected chi connectivity index (χ0v) is 8.41. The van der Waals surface area contributed by atoms with Gasteiger partial charge in [0.2, 0.25) is 5.95 Å². The van der Waals surface area contributed by atoms with Gasteiger partial charge in [-0.2, -0.15) is 0 Å². The van der Waals surface area contributed by atoms with Crippen molar-refractivity contribution in [2.75, 3.05) is 18.1 Å². The monoisotopic (exact) mass is 224 g/mol. The molecule has 0 aromatic carbocycles. The van der Waals surface area contributed by atoms with Crippen LogP contribution in [-0.4, -0.2) is 42.4 Å². The molecule has 8 nitrogen and oxygen atoms in total. The normalized spacial score (nSPS) is 13.1. The highest BCUT2D eigenvalue weighted by atomic mass is 16.3. The first kappa shape index (κ1) is 10.6. The highest BCUT2D eigenvalue weighted by Crippen LogP contribution is 2.19. The Balaban J connectivity index is 2.52. The van der Waals surface area contributed by atoms with Gasteiger partial charge in [0.25, 0.3) is 0 Å². The molecule has 2 rings (SSSR count). The van der Waals surface area contributed by atoms with E-state index >= 15 is 0 Å². The Hall–Kier alpha value is -1.93. The van der Waals surface area contributed by atoms with E-state index in [1.165, 1.54) is 10.9 Å². The second kappa shape index (κ2) is 3.91. The summed E-state index contributed by atoms with van der Waals surface area (Å²) < 4.78 is 1.48. The van der Waals surface area contributed by atoms with Crippen LogP contribution in [0.25, 0.3) is 11.2 Å². The third-order valence-corrected chi connectivity index (χ3v) is 2.19. The van der Waals surface area contributed by atoms with Crippen molar-refractivity contribution >= 4 is 22.9 Å². The largest absolute Gasteiger partial charge is 0.394 e. The lowest BCUT2D eigenvalue weighted by Gasteiger charge is -2.09. The highest BCUT2D eigenvalue weighted by molar-refractivity contribution is 5.83. The molecule has 0 saturated heterocycles. The fourth-order valence-electron chi connectivity index (χ4n) is 1.42. The van der Waals surface area contributed by atoms with Crippen LogP contribution in [0.5, 0.6) is 0 Å². The SMILES string of the molecule is Nc1ncnc2c1nc(N)n2CC(O)CO. The number of aliphatic hydroxyl groups is 2. The van der Waals surface area contributed by atoms with Gasteiger partial charge in [-0.3, -0.25) is 4.57 Å². The zero-order valence-electron chi connectivity index (χ0n) is 8.41. The summed E-state index contributed by atoms with van der Waals surface area (Å²) in [5.41, 5.74) is 12.1. The van der Waals surface area contributed by atoms with Crippen molar-refractivity contribution in [3.63, 3.8) is 0 Å². The van der Waals surface area contributed by atoms with E-state index in [-0.39, 0.29) is 24.9 Å². The van der Waals surface area contributed by atoms with Gasteiger partial charge >= 0.3 is 0 Å². The number of hydrogen-bond donors (Lipinski definition) is 4. The predicted octanol–water partition coefficient (Wildman–Crippen LogP) is -1.66. The van der Waals surface area contributed by atoms with Crippen LogP contribution < -0.4 is 11.5 Å². The number of aromatic nitrogens is 4. The van der Waals surface area contributed by atoms with Crippen LogP contribution in [0.15, 0.2) is 6.33 Å². The van der Waals surface area contributed by atoms with Crippen LogP contribution >= 0.6 is 0 Å². The number of aliphatic hydroxyl groups excluding tert-OH is 2. The van der Waals surface area contributed by atoms with Crippen LogP contribution in [0.3, 0.4) is 0 Å². The molecule has 0 bridgehead atoms. The Morgan fingerprint density at radius 1 is 1.38 bits per heavy atom. The van der Waals surface area contributed by atoms with Gasteiger partial charge in [-0.25, -0.2) is 15.0 Å². The van der Waals surface area contributed by atoms with Gasteiger partial charge in [-0.15, -0.1) is 0 Å². The number of nitrogen functional groups attached to an aromatic ring is 2. The molecule has 0 aliphatic rings. The Morgan fingerprint density at radius 2 is 2.12 bits per heavy atom. The van der Waals surface area contributed by atoms with E-state index in [2.05, 4.69) is 15.0 Å². The average Bonchev–Trinajstić information content (AvgIpc) is 2.58. The molecular weight excluding hydrogens is 212 g/mol. The van der Waals surface area contributed by atoms with Crippen LogP contribution in [0.1, 0.15) is 0 Å². The summed E-state index contributed by atoms with van der Waals surface area (Å²) in [6, 6.07) is 0. The minimum absolute atomic E-state index is 0.106. The van der Waals surface area contributed by atoms with Gasteiger partial charge in [0.1, 0.15) is 6.33 Å². The smallest absolute Gasteiger partial charge is 0.202 e. The first-order chi connectivity index (χ1) is 7.63. The van der Waals surface area contributed by atoms with Gasteiger partial charge in [-0.05, 0) is 0 Å². The number of fused-ring (bicyclic) bond motifs is 1. The molecule has 1 unspecified atom stereocenters. The molecule has 0 aliphatic carbocycles. The van der Waals surface area contributed by atoms with Crippen molar-refractivity contribution in [2.24, 2.45) is 0 Å². The third-order valence-electron chi connectivity index (χ3n) is 2.19. The molecule has 0 fully saturated rings. The summed E-state index contributed by atoms with van der Waals surface area (Å²) in [5, 5.41) is 18.1. The fraction of sp³-hybridized carbons (Fsp3) is 0.375. The molecule has 1 atom stereocenters. The number of hydrogen-bond acceptors (Lipinski definition) is 7. The summed E-state index contributed by atoms with van der Waals surface area (Å²) in [4.78, 5) is 11.8. The molecule has 86 valence electrons. The molecule has 16 heavy (non-hydrogen) atoms. The fourth-order valence-corrected chi connectivity index (χ4v) is 1.42. The van der Waals surface area contributed by atoms with Crippen molar-refractivity contribution in [2.45, 2.75) is 12.6 Å². The molecule has 8 heteroatoms. The van der Waals surface area contributed by atoms with Crippen molar-refractivity contribution in [3.8, 4) is 0 Å². The van der Waals surface area contributed by atoms with Gasteiger partial charge in [0.15, 0.2) is 17.0 Å². The van der Waals surface area contributed by atoms with Gasteiger partial charge in [-0.1, -0.05) is 0 Å². The van der Waals surface area contributed by atoms with E-state index in [1.807, 2.05) is 0 Å². The van der Waals surface area contributed by atoms with E-state index < -0.39 is 6.10 Å². The maximum Gasteiger partial charge on any atom is 0.202 e. The van der Waals surface area contributed by atoms with Crippen molar-refractivity contribution in [1.82, 2.24) is 19.5 Å². The summed E-state index contributed by atoms with van der Waals surface area (Å²) >= 11 is 0. The van der Waals surface area contributed by atoms with E-state index in [0.717, 1.165) is 0 Å². The number of nitrogens with two attached hydrogens (primary N) is 2. The van der Waals surface area contributed by atoms with E-state index in [4.69, 9.17) is 16.6 Å². The van der Waals surface area contributed by atoms with Crippen molar-refractivity contribution < 1.29 is 10.2 Å². The maximum atomic E-state index is 9.35. The Bertz CT molecular complexity index is 510. The maximum absolute atomic E-state index is 9.35. The molecule has 6 N–H and O–H groups in total. The van der Waals surface area contributed by atoms with Gasteiger partial charge in [0.05, 0.1) is 19.3 Å². The summed E-state index contributed by atoms with van der Waals surface area (Å²) in [7, 11) is 0. The quantitative estimate of drug-likeness (QED) is 0.490. The van der Waals surface area contributed by atoms with Crippen molar-refractivity contribution in [1.29, 1.82) is 0 Å². The highest BCUT2D eigenvalue weighted by Gasteiger charge is 2.14. The van der Waals surface area contributed by atoms with E-state index in [9.17, 15) is 5.11 Å². The molecule has 2 aromatic heterocycles. The molecule has 2 aromatic rings. The minimum Gasteiger partial charge on any atom is -0.394 e. The zero-order chi connectivity index (χ0) is 11.7. The number of nitrogens with zero attached hydrogens (tertiary/aromatic N) is 4. The number of rotatable bonds is 3. The number of anilines is 2. The number of imidazole rings is 1. The Kier molecular flexibility index (Phi) is 2.59. The second-order valence-corrected chi connectivity index (χ2v) is 3.35. The van der Waals surface area contributed by atoms with Crippen LogP contribution in [0.2, 0.25) is 0 Å². The Labute approximate surface area is 90.6 Å². The molecule has 0 radical (unpaired) electrons. The molecule has 0 aliphatic heterocycles. The molecule has 2 heterocycles. The predicted molar refractivity (Wildman–Crippen MR) is 57.2 cm³/mol. The lowest BCUT2D eigenvalue weighted by molar-refractivity contribution is 0.0824. The summed E-state index contributed by atoms with van der Waals surface area (Å²) in [5.74, 6) is 0.406. The van der Waals surface area contributed by atoms with E-state index in [1.54, 1.807) is 0 Å². The van der Waals surface area contributed by atoms with Crippen LogP contribution in [0.4, 0.5) is 11.8 Å². The van der Waals surface area contributed by atoms with Crippen LogP contribution in [-0.2, 0) is 6.54 Å². The summed E-state index contributed by atoms with van der Waals surface area (Å²) in [6.45, 7) is -0.255. The summed E-state index contributed by atoms with van der Waals surface area (Å²) in [6.07, 6.45) is 0.372. The topological polar surface area (TPSA) is 136 Å². The van der Waals surface area contributed by atoms with Gasteiger partial charge < -0.3 is 21.7 Å². The first-order valence-electron chi connectivity index (χ1n) is 4.64. The minimum atomic E-state index is -0.920. The Morgan fingerprint density at radius 3 is 2.81 bits per heavy atom. The molecule has 0 amide bonds. The third kappa shape index (κ3) is 1.64. The van der Waals surface area contributed by atoms with E-state index in [0.29, 0.717) is 11.2 Å². The molecular formula is C8H12N6O2. The van der Waals surface area contributed by atoms with Crippen LogP contribution in [0, 0.1) is 0 Å². The van der Waals surface area contributed by atoms with Gasteiger partial charge in [0, 0.05) is 0 Å². The molecule has 0 spiro atoms. The average molecular weight is 224 g/mol.